The zero-order chi connectivity index (χ0) is 10.4. The summed E-state index contributed by atoms with van der Waals surface area (Å²) >= 11 is 0. The van der Waals surface area contributed by atoms with Gasteiger partial charge in [-0.25, -0.2) is 4.79 Å². The topological polar surface area (TPSA) is 44.4 Å². The predicted molar refractivity (Wildman–Crippen MR) is 55.1 cm³/mol. The van der Waals surface area contributed by atoms with Crippen LogP contribution in [-0.2, 0) is 4.74 Å². The lowest BCUT2D eigenvalue weighted by Gasteiger charge is -2.26. The molecule has 0 saturated carbocycles. The van der Waals surface area contributed by atoms with Crippen molar-refractivity contribution in [2.45, 2.75) is 13.0 Å². The molecule has 0 radical (unpaired) electrons. The van der Waals surface area contributed by atoms with Gasteiger partial charge in [-0.2, -0.15) is 0 Å². The lowest BCUT2D eigenvalue weighted by Crippen LogP contribution is -2.35. The predicted octanol–water partition coefficient (Wildman–Crippen LogP) is 1.47. The maximum atomic E-state index is 11.6. The minimum Gasteiger partial charge on any atom is -0.408 e. The van der Waals surface area contributed by atoms with Gasteiger partial charge in [-0.15, -0.1) is 0 Å². The van der Waals surface area contributed by atoms with Crippen molar-refractivity contribution in [3.05, 3.63) is 34.3 Å². The van der Waals surface area contributed by atoms with Crippen molar-refractivity contribution >= 4 is 11.1 Å². The van der Waals surface area contributed by atoms with Crippen LogP contribution in [0.3, 0.4) is 0 Å². The van der Waals surface area contributed by atoms with Gasteiger partial charge in [-0.05, 0) is 24.6 Å². The van der Waals surface area contributed by atoms with Crippen LogP contribution in [0.5, 0.6) is 0 Å². The fraction of sp³-hybridized carbons (Fsp3) is 0.364. The molecule has 0 atom stereocenters. The van der Waals surface area contributed by atoms with Gasteiger partial charge in [0.1, 0.15) is 0 Å². The number of benzene rings is 1. The highest BCUT2D eigenvalue weighted by atomic mass is 16.5. The third-order valence-electron chi connectivity index (χ3n) is 2.75. The minimum atomic E-state index is -0.288. The summed E-state index contributed by atoms with van der Waals surface area (Å²) in [6.45, 7) is 3.20. The third kappa shape index (κ3) is 1.22. The van der Waals surface area contributed by atoms with Gasteiger partial charge in [0.2, 0.25) is 0 Å². The number of hydrogen-bond acceptors (Lipinski definition) is 3. The van der Waals surface area contributed by atoms with Crippen molar-refractivity contribution in [2.24, 2.45) is 0 Å². The maximum absolute atomic E-state index is 11.6. The Morgan fingerprint density at radius 2 is 2.20 bits per heavy atom. The molecule has 0 N–H and O–H groups in total. The molecule has 3 rings (SSSR count). The Bertz CT molecular complexity index is 563. The van der Waals surface area contributed by atoms with Crippen LogP contribution < -0.4 is 5.76 Å². The van der Waals surface area contributed by atoms with Crippen LogP contribution in [-0.4, -0.2) is 17.8 Å². The molecule has 1 aromatic carbocycles. The van der Waals surface area contributed by atoms with Gasteiger partial charge in [0.15, 0.2) is 5.58 Å². The van der Waals surface area contributed by atoms with Crippen LogP contribution in [0.4, 0.5) is 0 Å². The summed E-state index contributed by atoms with van der Waals surface area (Å²) in [6, 6.07) is 5.88. The molecule has 0 bridgehead atoms. The van der Waals surface area contributed by atoms with Crippen LogP contribution in [0.25, 0.3) is 11.1 Å². The molecule has 1 aliphatic heterocycles. The van der Waals surface area contributed by atoms with E-state index in [0.717, 1.165) is 11.1 Å². The first kappa shape index (κ1) is 8.73. The first-order valence-corrected chi connectivity index (χ1v) is 4.95. The summed E-state index contributed by atoms with van der Waals surface area (Å²) < 4.78 is 11.9. The van der Waals surface area contributed by atoms with E-state index in [-0.39, 0.29) is 11.8 Å². The molecule has 2 heterocycles. The molecule has 1 aromatic heterocycles. The molecule has 0 amide bonds. The standard InChI is InChI=1S/C11H11NO3/c1-7-2-3-10-9(4-7)12(11(13)15-10)8-5-14-6-8/h2-4,8H,5-6H2,1H3. The van der Waals surface area contributed by atoms with Gasteiger partial charge in [0.05, 0.1) is 24.8 Å². The lowest BCUT2D eigenvalue weighted by molar-refractivity contribution is -0.0242. The van der Waals surface area contributed by atoms with E-state index >= 15 is 0 Å². The smallest absolute Gasteiger partial charge is 0.408 e. The molecule has 78 valence electrons. The summed E-state index contributed by atoms with van der Waals surface area (Å²) in [4.78, 5) is 11.6. The number of hydrogen-bond donors (Lipinski definition) is 0. The van der Waals surface area contributed by atoms with Gasteiger partial charge in [-0.3, -0.25) is 4.57 Å². The van der Waals surface area contributed by atoms with E-state index in [1.165, 1.54) is 0 Å². The van der Waals surface area contributed by atoms with Gasteiger partial charge in [-0.1, -0.05) is 6.07 Å². The Kier molecular flexibility index (Phi) is 1.73. The first-order chi connectivity index (χ1) is 7.25. The SMILES string of the molecule is Cc1ccc2oc(=O)n(C3COC3)c2c1. The molecular weight excluding hydrogens is 194 g/mol. The Morgan fingerprint density at radius 3 is 2.87 bits per heavy atom. The second-order valence-corrected chi connectivity index (χ2v) is 3.90. The van der Waals surface area contributed by atoms with Crippen LogP contribution in [0, 0.1) is 6.92 Å². The fourth-order valence-corrected chi connectivity index (χ4v) is 1.86. The number of rotatable bonds is 1. The summed E-state index contributed by atoms with van der Waals surface area (Å²) in [5, 5.41) is 0. The highest BCUT2D eigenvalue weighted by Gasteiger charge is 2.25. The molecule has 0 unspecified atom stereocenters. The summed E-state index contributed by atoms with van der Waals surface area (Å²) in [7, 11) is 0. The van der Waals surface area contributed by atoms with Crippen molar-refractivity contribution in [3.63, 3.8) is 0 Å². The van der Waals surface area contributed by atoms with Crippen molar-refractivity contribution in [2.75, 3.05) is 13.2 Å². The van der Waals surface area contributed by atoms with Gasteiger partial charge >= 0.3 is 5.76 Å². The molecule has 15 heavy (non-hydrogen) atoms. The quantitative estimate of drug-likeness (QED) is 0.708. The van der Waals surface area contributed by atoms with Crippen LogP contribution in [0.15, 0.2) is 27.4 Å². The highest BCUT2D eigenvalue weighted by molar-refractivity contribution is 5.73. The first-order valence-electron chi connectivity index (χ1n) is 4.95. The Hall–Kier alpha value is -1.55. The number of aryl methyl sites for hydroxylation is 1. The minimum absolute atomic E-state index is 0.139. The number of oxazole rings is 1. The molecule has 1 aliphatic rings. The van der Waals surface area contributed by atoms with Crippen LogP contribution >= 0.6 is 0 Å². The number of fused-ring (bicyclic) bond motifs is 1. The fourth-order valence-electron chi connectivity index (χ4n) is 1.86. The normalized spacial score (nSPS) is 16.9. The van der Waals surface area contributed by atoms with Gasteiger partial charge < -0.3 is 9.15 Å². The number of ether oxygens (including phenoxy) is 1. The Labute approximate surface area is 86.1 Å². The summed E-state index contributed by atoms with van der Waals surface area (Å²) in [5.74, 6) is -0.288. The maximum Gasteiger partial charge on any atom is 0.420 e. The van der Waals surface area contributed by atoms with Gasteiger partial charge in [0, 0.05) is 0 Å². The average Bonchev–Trinajstić information content (AvgIpc) is 2.42. The lowest BCUT2D eigenvalue weighted by atomic mass is 10.2. The number of aromatic nitrogens is 1. The van der Waals surface area contributed by atoms with E-state index in [1.807, 2.05) is 25.1 Å². The van der Waals surface area contributed by atoms with E-state index < -0.39 is 0 Å². The molecule has 4 nitrogen and oxygen atoms in total. The zero-order valence-corrected chi connectivity index (χ0v) is 8.40. The van der Waals surface area contributed by atoms with E-state index in [9.17, 15) is 4.79 Å². The summed E-state index contributed by atoms with van der Waals surface area (Å²) in [5.41, 5.74) is 2.64. The van der Waals surface area contributed by atoms with Crippen LogP contribution in [0.2, 0.25) is 0 Å². The Morgan fingerprint density at radius 1 is 1.40 bits per heavy atom. The molecule has 2 aromatic rings. The van der Waals surface area contributed by atoms with Crippen molar-refractivity contribution in [1.29, 1.82) is 0 Å². The molecule has 0 spiro atoms. The number of nitrogens with zero attached hydrogens (tertiary/aromatic N) is 1. The zero-order valence-electron chi connectivity index (χ0n) is 8.40. The van der Waals surface area contributed by atoms with E-state index in [4.69, 9.17) is 9.15 Å². The highest BCUT2D eigenvalue weighted by Crippen LogP contribution is 2.22. The van der Waals surface area contributed by atoms with Crippen molar-refractivity contribution in [1.82, 2.24) is 4.57 Å². The molecule has 1 fully saturated rings. The second kappa shape index (κ2) is 2.97. The Balaban J connectivity index is 2.29. The van der Waals surface area contributed by atoms with Crippen molar-refractivity contribution < 1.29 is 9.15 Å². The van der Waals surface area contributed by atoms with Gasteiger partial charge in [0.25, 0.3) is 0 Å². The molecule has 4 heteroatoms. The molecular formula is C11H11NO3. The monoisotopic (exact) mass is 205 g/mol. The van der Waals surface area contributed by atoms with E-state index in [1.54, 1.807) is 4.57 Å². The average molecular weight is 205 g/mol. The summed E-state index contributed by atoms with van der Waals surface area (Å²) in [6.07, 6.45) is 0. The van der Waals surface area contributed by atoms with E-state index in [2.05, 4.69) is 0 Å². The third-order valence-corrected chi connectivity index (χ3v) is 2.75. The largest absolute Gasteiger partial charge is 0.420 e. The van der Waals surface area contributed by atoms with Crippen LogP contribution in [0.1, 0.15) is 11.6 Å². The molecule has 0 aliphatic carbocycles. The van der Waals surface area contributed by atoms with E-state index in [0.29, 0.717) is 18.8 Å². The second-order valence-electron chi connectivity index (χ2n) is 3.90. The molecule has 1 saturated heterocycles. The van der Waals surface area contributed by atoms with Crippen molar-refractivity contribution in [3.8, 4) is 0 Å².